The van der Waals surface area contributed by atoms with Crippen molar-refractivity contribution < 1.29 is 0 Å². The smallest absolute Gasteiger partial charge is 0.0540 e. The van der Waals surface area contributed by atoms with Crippen LogP contribution in [0.5, 0.6) is 0 Å². The maximum atomic E-state index is 2.54. The Morgan fingerprint density at radius 2 is 0.796 bits per heavy atom. The second-order valence-corrected chi connectivity index (χ2v) is 16.4. The summed E-state index contributed by atoms with van der Waals surface area (Å²) in [6.07, 6.45) is 0. The van der Waals surface area contributed by atoms with Gasteiger partial charge in [0.05, 0.1) is 9.40 Å². The molecule has 0 N–H and O–H groups in total. The van der Waals surface area contributed by atoms with Crippen LogP contribution in [0.2, 0.25) is 0 Å². The zero-order valence-electron chi connectivity index (χ0n) is 29.1. The summed E-state index contributed by atoms with van der Waals surface area (Å²) in [6, 6.07) is 67.7. The van der Waals surface area contributed by atoms with Gasteiger partial charge in [-0.05, 0) is 94.7 Å². The Kier molecular flexibility index (Phi) is 6.48. The first kappa shape index (κ1) is 30.2. The Labute approximate surface area is 319 Å². The van der Waals surface area contributed by atoms with Crippen LogP contribution in [0.15, 0.2) is 182 Å². The summed E-state index contributed by atoms with van der Waals surface area (Å²) in [5, 5.41) is 15.7. The number of fused-ring (bicyclic) bond motifs is 12. The number of thiophene rings is 2. The molecule has 12 aromatic rings. The lowest BCUT2D eigenvalue weighted by atomic mass is 9.83. The molecule has 2 heterocycles. The standard InChI is InChI=1S/C52H30S2/c1-2-14-31(15-3-1)33-27-28-41(36-19-7-6-18-35(33)36)47-37-20-8-10-22-39(37)48(40-23-11-9-21-38(40)47)43-30-44-49-34-17-5-4-16-32(34)26-29-46(49)54-51(44)52-50(43)42-24-12-13-25-45(42)53-52/h1-30H. The van der Waals surface area contributed by atoms with Crippen molar-refractivity contribution >= 4 is 106 Å². The van der Waals surface area contributed by atoms with Gasteiger partial charge in [-0.15, -0.1) is 22.7 Å². The van der Waals surface area contributed by atoms with Gasteiger partial charge in [0, 0.05) is 30.9 Å². The monoisotopic (exact) mass is 718 g/mol. The predicted octanol–water partition coefficient (Wildman–Crippen LogP) is 16.0. The van der Waals surface area contributed by atoms with Crippen molar-refractivity contribution in [2.75, 3.05) is 0 Å². The number of hydrogen-bond acceptors (Lipinski definition) is 2. The van der Waals surface area contributed by atoms with Crippen LogP contribution in [0.4, 0.5) is 0 Å². The average Bonchev–Trinajstić information content (AvgIpc) is 3.82. The highest BCUT2D eigenvalue weighted by atomic mass is 32.1. The molecule has 0 atom stereocenters. The van der Waals surface area contributed by atoms with Crippen LogP contribution in [0, 0.1) is 0 Å². The van der Waals surface area contributed by atoms with Gasteiger partial charge in [0.1, 0.15) is 0 Å². The van der Waals surface area contributed by atoms with Crippen LogP contribution in [-0.2, 0) is 0 Å². The fraction of sp³-hybridized carbons (Fsp3) is 0. The summed E-state index contributed by atoms with van der Waals surface area (Å²) in [7, 11) is 0. The molecule has 10 aromatic carbocycles. The molecule has 0 bridgehead atoms. The lowest BCUT2D eigenvalue weighted by molar-refractivity contribution is 1.64. The van der Waals surface area contributed by atoms with Gasteiger partial charge in [0.15, 0.2) is 0 Å². The molecular formula is C52H30S2. The Morgan fingerprint density at radius 1 is 0.278 bits per heavy atom. The summed E-state index contributed by atoms with van der Waals surface area (Å²) in [4.78, 5) is 0. The van der Waals surface area contributed by atoms with E-state index in [-0.39, 0.29) is 0 Å². The maximum Gasteiger partial charge on any atom is 0.0540 e. The molecule has 2 aromatic heterocycles. The normalized spacial score (nSPS) is 12.1. The summed E-state index contributed by atoms with van der Waals surface area (Å²) < 4.78 is 5.44. The van der Waals surface area contributed by atoms with E-state index >= 15 is 0 Å². The largest absolute Gasteiger partial charge is 0.134 e. The summed E-state index contributed by atoms with van der Waals surface area (Å²) >= 11 is 3.89. The van der Waals surface area contributed by atoms with Crippen LogP contribution in [0.25, 0.3) is 117 Å². The SMILES string of the molecule is c1ccc(-c2ccc(-c3c4ccccc4c(-c4cc5c(sc6ccc7ccccc7c65)c5sc6ccccc6c45)c4ccccc34)c3ccccc23)cc1. The third-order valence-electron chi connectivity index (χ3n) is 11.5. The highest BCUT2D eigenvalue weighted by Gasteiger charge is 2.24. The summed E-state index contributed by atoms with van der Waals surface area (Å²) in [6.45, 7) is 0. The van der Waals surface area contributed by atoms with Crippen molar-refractivity contribution in [2.45, 2.75) is 0 Å². The average molecular weight is 719 g/mol. The molecule has 0 nitrogen and oxygen atoms in total. The van der Waals surface area contributed by atoms with E-state index in [9.17, 15) is 0 Å². The Hall–Kier alpha value is -6.32. The van der Waals surface area contributed by atoms with E-state index in [1.165, 1.54) is 117 Å². The molecule has 54 heavy (non-hydrogen) atoms. The van der Waals surface area contributed by atoms with E-state index in [2.05, 4.69) is 182 Å². The van der Waals surface area contributed by atoms with Gasteiger partial charge in [-0.3, -0.25) is 0 Å². The zero-order valence-corrected chi connectivity index (χ0v) is 30.8. The fourth-order valence-corrected chi connectivity index (χ4v) is 11.7. The van der Waals surface area contributed by atoms with Crippen LogP contribution in [0.3, 0.4) is 0 Å². The van der Waals surface area contributed by atoms with Gasteiger partial charge in [0.2, 0.25) is 0 Å². The lowest BCUT2D eigenvalue weighted by Gasteiger charge is -2.20. The molecule has 0 saturated heterocycles. The van der Waals surface area contributed by atoms with E-state index in [4.69, 9.17) is 0 Å². The van der Waals surface area contributed by atoms with Crippen molar-refractivity contribution in [3.63, 3.8) is 0 Å². The van der Waals surface area contributed by atoms with E-state index in [0.29, 0.717) is 0 Å². The van der Waals surface area contributed by atoms with Crippen LogP contribution in [0.1, 0.15) is 0 Å². The molecular weight excluding hydrogens is 689 g/mol. The molecule has 0 saturated carbocycles. The maximum absolute atomic E-state index is 2.54. The first-order valence-electron chi connectivity index (χ1n) is 18.5. The molecule has 0 aliphatic heterocycles. The second kappa shape index (κ2) is 11.6. The van der Waals surface area contributed by atoms with Gasteiger partial charge in [0.25, 0.3) is 0 Å². The Bertz CT molecular complexity index is 3430. The third-order valence-corrected chi connectivity index (χ3v) is 14.0. The summed E-state index contributed by atoms with van der Waals surface area (Å²) in [5.74, 6) is 0. The highest BCUT2D eigenvalue weighted by molar-refractivity contribution is 7.33. The molecule has 0 unspecified atom stereocenters. The molecule has 0 spiro atoms. The molecule has 2 heteroatoms. The molecule has 0 aliphatic carbocycles. The first-order valence-corrected chi connectivity index (χ1v) is 20.1. The van der Waals surface area contributed by atoms with Crippen LogP contribution in [-0.4, -0.2) is 0 Å². The molecule has 0 radical (unpaired) electrons. The quantitative estimate of drug-likeness (QED) is 0.160. The van der Waals surface area contributed by atoms with E-state index in [0.717, 1.165) is 0 Å². The van der Waals surface area contributed by atoms with E-state index in [1.807, 2.05) is 22.7 Å². The number of hydrogen-bond donors (Lipinski definition) is 0. The van der Waals surface area contributed by atoms with E-state index in [1.54, 1.807) is 0 Å². The van der Waals surface area contributed by atoms with Crippen molar-refractivity contribution in [1.82, 2.24) is 0 Å². The highest BCUT2D eigenvalue weighted by Crippen LogP contribution is 2.53. The molecule has 0 aliphatic rings. The minimum Gasteiger partial charge on any atom is -0.134 e. The lowest BCUT2D eigenvalue weighted by Crippen LogP contribution is -1.93. The predicted molar refractivity (Wildman–Crippen MR) is 239 cm³/mol. The van der Waals surface area contributed by atoms with Crippen molar-refractivity contribution in [1.29, 1.82) is 0 Å². The number of benzene rings is 10. The van der Waals surface area contributed by atoms with E-state index < -0.39 is 0 Å². The van der Waals surface area contributed by atoms with Gasteiger partial charge in [-0.1, -0.05) is 164 Å². The third kappa shape index (κ3) is 4.24. The number of rotatable bonds is 3. The summed E-state index contributed by atoms with van der Waals surface area (Å²) in [5.41, 5.74) is 7.68. The Morgan fingerprint density at radius 3 is 1.50 bits per heavy atom. The fourth-order valence-electron chi connectivity index (χ4n) is 9.18. The molecule has 250 valence electrons. The minimum atomic E-state index is 1.24. The zero-order chi connectivity index (χ0) is 35.3. The van der Waals surface area contributed by atoms with Gasteiger partial charge >= 0.3 is 0 Å². The van der Waals surface area contributed by atoms with Gasteiger partial charge in [-0.25, -0.2) is 0 Å². The first-order chi connectivity index (χ1) is 26.8. The Balaban J connectivity index is 1.25. The topological polar surface area (TPSA) is 0 Å². The molecule has 0 amide bonds. The molecule has 12 rings (SSSR count). The van der Waals surface area contributed by atoms with Crippen LogP contribution >= 0.6 is 22.7 Å². The van der Waals surface area contributed by atoms with Crippen LogP contribution < -0.4 is 0 Å². The second-order valence-electron chi connectivity index (χ2n) is 14.3. The van der Waals surface area contributed by atoms with Crippen molar-refractivity contribution in [2.24, 2.45) is 0 Å². The van der Waals surface area contributed by atoms with Crippen molar-refractivity contribution in [3.05, 3.63) is 182 Å². The van der Waals surface area contributed by atoms with Gasteiger partial charge in [-0.2, -0.15) is 0 Å². The van der Waals surface area contributed by atoms with Crippen molar-refractivity contribution in [3.8, 4) is 33.4 Å². The minimum absolute atomic E-state index is 1.24. The molecule has 0 fully saturated rings. The van der Waals surface area contributed by atoms with Gasteiger partial charge < -0.3 is 0 Å².